The molecule has 4 aromatic rings. The summed E-state index contributed by atoms with van der Waals surface area (Å²) in [5.74, 6) is 0.556. The van der Waals surface area contributed by atoms with E-state index in [1.165, 1.54) is 11.3 Å². The van der Waals surface area contributed by atoms with E-state index in [9.17, 15) is 13.2 Å². The molecule has 0 aliphatic heterocycles. The largest absolute Gasteiger partial charge is 0.497 e. The van der Waals surface area contributed by atoms with Gasteiger partial charge in [0.25, 0.3) is 0 Å². The van der Waals surface area contributed by atoms with Gasteiger partial charge in [-0.2, -0.15) is 0 Å². The van der Waals surface area contributed by atoms with Crippen molar-refractivity contribution in [2.45, 2.75) is 37.0 Å². The van der Waals surface area contributed by atoms with Crippen LogP contribution in [-0.4, -0.2) is 36.7 Å². The number of nitrogens with zero attached hydrogens (tertiary/aromatic N) is 3. The highest BCUT2D eigenvalue weighted by Crippen LogP contribution is 2.32. The van der Waals surface area contributed by atoms with Gasteiger partial charge in [0.1, 0.15) is 5.75 Å². The molecule has 0 saturated carbocycles. The van der Waals surface area contributed by atoms with Crippen molar-refractivity contribution in [3.8, 4) is 5.75 Å². The second-order valence-electron chi connectivity index (χ2n) is 8.09. The Hall–Kier alpha value is -3.30. The average molecular weight is 496 g/mol. The van der Waals surface area contributed by atoms with Crippen LogP contribution in [0.2, 0.25) is 0 Å². The van der Waals surface area contributed by atoms with Crippen LogP contribution < -0.4 is 9.64 Å². The van der Waals surface area contributed by atoms with E-state index in [2.05, 4.69) is 4.98 Å². The van der Waals surface area contributed by atoms with Crippen LogP contribution in [0.5, 0.6) is 5.75 Å². The van der Waals surface area contributed by atoms with Gasteiger partial charge in [-0.3, -0.25) is 14.7 Å². The van der Waals surface area contributed by atoms with Crippen LogP contribution in [0.25, 0.3) is 10.2 Å². The van der Waals surface area contributed by atoms with Crippen molar-refractivity contribution in [1.29, 1.82) is 0 Å². The van der Waals surface area contributed by atoms with Crippen LogP contribution in [0.4, 0.5) is 5.13 Å². The van der Waals surface area contributed by atoms with Gasteiger partial charge in [-0.25, -0.2) is 13.4 Å². The molecule has 2 aromatic heterocycles. The summed E-state index contributed by atoms with van der Waals surface area (Å²) in [5, 5.41) is 0.0729. The Bertz CT molecular complexity index is 1400. The highest BCUT2D eigenvalue weighted by Gasteiger charge is 2.22. The molecule has 2 aromatic carbocycles. The Balaban J connectivity index is 1.63. The van der Waals surface area contributed by atoms with Crippen molar-refractivity contribution >= 4 is 42.4 Å². The fraction of sp³-hybridized carbons (Fsp3) is 0.240. The van der Waals surface area contributed by atoms with Gasteiger partial charge in [0.15, 0.2) is 15.0 Å². The van der Waals surface area contributed by atoms with Crippen molar-refractivity contribution in [2.75, 3.05) is 12.0 Å². The number of fused-ring (bicyclic) bond motifs is 1. The number of carbonyl (C=O) groups is 1. The number of carbonyl (C=O) groups excluding carboxylic acids is 1. The number of thiazole rings is 1. The molecule has 0 bridgehead atoms. The van der Waals surface area contributed by atoms with Crippen LogP contribution in [0.3, 0.4) is 0 Å². The third kappa shape index (κ3) is 5.10. The fourth-order valence-electron chi connectivity index (χ4n) is 3.41. The summed E-state index contributed by atoms with van der Waals surface area (Å²) in [5.41, 5.74) is 2.37. The number of sulfone groups is 1. The number of pyridine rings is 1. The van der Waals surface area contributed by atoms with E-state index in [0.29, 0.717) is 17.4 Å². The van der Waals surface area contributed by atoms with Crippen molar-refractivity contribution in [2.24, 2.45) is 0 Å². The second-order valence-corrected chi connectivity index (χ2v) is 11.6. The summed E-state index contributed by atoms with van der Waals surface area (Å²) >= 11 is 1.43. The predicted molar refractivity (Wildman–Crippen MR) is 134 cm³/mol. The third-order valence-electron chi connectivity index (χ3n) is 5.41. The molecule has 0 atom stereocenters. The first-order valence-corrected chi connectivity index (χ1v) is 13.1. The summed E-state index contributed by atoms with van der Waals surface area (Å²) in [6, 6.07) is 15.9. The Morgan fingerprint density at radius 3 is 2.50 bits per heavy atom. The lowest BCUT2D eigenvalue weighted by molar-refractivity contribution is -0.118. The third-order valence-corrected chi connectivity index (χ3v) is 8.64. The molecule has 0 N–H and O–H groups in total. The lowest BCUT2D eigenvalue weighted by Crippen LogP contribution is -2.31. The minimum atomic E-state index is -3.36. The van der Waals surface area contributed by atoms with E-state index in [-0.39, 0.29) is 17.2 Å². The van der Waals surface area contributed by atoms with E-state index in [4.69, 9.17) is 9.72 Å². The van der Waals surface area contributed by atoms with Gasteiger partial charge < -0.3 is 4.74 Å². The quantitative estimate of drug-likeness (QED) is 0.353. The topological polar surface area (TPSA) is 89.5 Å². The first-order valence-electron chi connectivity index (χ1n) is 10.7. The highest BCUT2D eigenvalue weighted by atomic mass is 32.2. The van der Waals surface area contributed by atoms with Crippen molar-refractivity contribution in [3.63, 3.8) is 0 Å². The molecular weight excluding hydrogens is 470 g/mol. The molecule has 2 heterocycles. The number of anilines is 1. The molecule has 1 amide bonds. The van der Waals surface area contributed by atoms with Gasteiger partial charge in [0, 0.05) is 18.5 Å². The molecule has 34 heavy (non-hydrogen) atoms. The monoisotopic (exact) mass is 495 g/mol. The molecule has 0 aliphatic carbocycles. The Kier molecular flexibility index (Phi) is 6.95. The smallest absolute Gasteiger partial charge is 0.233 e. The van der Waals surface area contributed by atoms with Crippen LogP contribution in [0.15, 0.2) is 71.9 Å². The number of hydrogen-bond acceptors (Lipinski definition) is 7. The number of amides is 1. The maximum atomic E-state index is 13.4. The molecule has 4 rings (SSSR count). The summed E-state index contributed by atoms with van der Waals surface area (Å²) in [6.45, 7) is 3.62. The first-order chi connectivity index (χ1) is 16.3. The molecule has 9 heteroatoms. The number of benzene rings is 2. The van der Waals surface area contributed by atoms with Crippen molar-refractivity contribution < 1.29 is 17.9 Å². The van der Waals surface area contributed by atoms with E-state index >= 15 is 0 Å². The van der Waals surface area contributed by atoms with E-state index in [1.54, 1.807) is 62.5 Å². The summed E-state index contributed by atoms with van der Waals surface area (Å²) in [7, 11) is -1.76. The van der Waals surface area contributed by atoms with Gasteiger partial charge in [0.2, 0.25) is 5.91 Å². The van der Waals surface area contributed by atoms with Gasteiger partial charge >= 0.3 is 0 Å². The van der Waals surface area contributed by atoms with Gasteiger partial charge in [-0.1, -0.05) is 29.5 Å². The van der Waals surface area contributed by atoms with Crippen LogP contribution in [-0.2, 0) is 27.6 Å². The molecule has 0 fully saturated rings. The Morgan fingerprint density at radius 2 is 1.85 bits per heavy atom. The number of rotatable bonds is 8. The minimum absolute atomic E-state index is 0.113. The molecule has 7 nitrogen and oxygen atoms in total. The molecule has 0 radical (unpaired) electrons. The normalized spacial score (nSPS) is 11.6. The number of aromatic nitrogens is 2. The number of methoxy groups -OCH3 is 1. The van der Waals surface area contributed by atoms with Gasteiger partial charge in [0.05, 0.1) is 40.4 Å². The van der Waals surface area contributed by atoms with Crippen molar-refractivity contribution in [1.82, 2.24) is 9.97 Å². The molecule has 0 saturated heterocycles. The minimum Gasteiger partial charge on any atom is -0.497 e. The zero-order valence-corrected chi connectivity index (χ0v) is 20.8. The number of ether oxygens (including phenoxy) is 1. The zero-order chi connectivity index (χ0) is 24.3. The lowest BCUT2D eigenvalue weighted by Gasteiger charge is -2.20. The average Bonchev–Trinajstić information content (AvgIpc) is 3.26. The molecule has 176 valence electrons. The summed E-state index contributed by atoms with van der Waals surface area (Å²) in [6.07, 6.45) is 3.52. The van der Waals surface area contributed by atoms with Gasteiger partial charge in [-0.05, 0) is 55.3 Å². The van der Waals surface area contributed by atoms with Crippen LogP contribution in [0.1, 0.15) is 25.0 Å². The molecule has 0 unspecified atom stereocenters. The van der Waals surface area contributed by atoms with Crippen LogP contribution in [0, 0.1) is 0 Å². The Labute approximate surface area is 203 Å². The lowest BCUT2D eigenvalue weighted by atomic mass is 10.1. The number of hydrogen-bond donors (Lipinski definition) is 0. The zero-order valence-electron chi connectivity index (χ0n) is 19.1. The summed E-state index contributed by atoms with van der Waals surface area (Å²) in [4.78, 5) is 24.2. The highest BCUT2D eigenvalue weighted by molar-refractivity contribution is 7.92. The fourth-order valence-corrected chi connectivity index (χ4v) is 5.44. The molecule has 0 spiro atoms. The van der Waals surface area contributed by atoms with Crippen molar-refractivity contribution in [3.05, 3.63) is 78.1 Å². The standard InChI is InChI=1S/C25H25N3O4S2/c1-17(2)34(30,31)21-9-6-18(7-10-21)13-24(29)28(16-19-5-4-12-26-15-19)25-27-22-14-20(32-3)8-11-23(22)33-25/h4-12,14-15,17H,13,16H2,1-3H3. The maximum absolute atomic E-state index is 13.4. The molecular formula is C25H25N3O4S2. The van der Waals surface area contributed by atoms with Crippen LogP contribution >= 0.6 is 11.3 Å². The van der Waals surface area contributed by atoms with E-state index in [0.717, 1.165) is 21.3 Å². The Morgan fingerprint density at radius 1 is 1.09 bits per heavy atom. The van der Waals surface area contributed by atoms with E-state index in [1.807, 2.05) is 30.3 Å². The van der Waals surface area contributed by atoms with Gasteiger partial charge in [-0.15, -0.1) is 0 Å². The maximum Gasteiger partial charge on any atom is 0.233 e. The van der Waals surface area contributed by atoms with E-state index < -0.39 is 15.1 Å². The SMILES string of the molecule is COc1ccc2sc(N(Cc3cccnc3)C(=O)Cc3ccc(S(=O)(=O)C(C)C)cc3)nc2c1. The second kappa shape index (κ2) is 9.90. The predicted octanol–water partition coefficient (Wildman–Crippen LogP) is 4.66. The molecule has 0 aliphatic rings. The first kappa shape index (κ1) is 23.8. The summed E-state index contributed by atoms with van der Waals surface area (Å²) < 4.78 is 31.0.